The number of nitrogens with one attached hydrogen (secondary N) is 2. The zero-order valence-corrected chi connectivity index (χ0v) is 10.9. The van der Waals surface area contributed by atoms with E-state index in [0.29, 0.717) is 26.1 Å². The predicted octanol–water partition coefficient (Wildman–Crippen LogP) is 0.0782. The van der Waals surface area contributed by atoms with Crippen molar-refractivity contribution in [2.45, 2.75) is 26.3 Å². The minimum Gasteiger partial charge on any atom is -0.481 e. The van der Waals surface area contributed by atoms with E-state index < -0.39 is 5.97 Å². The van der Waals surface area contributed by atoms with E-state index in [1.807, 2.05) is 6.92 Å². The molecule has 0 aromatic carbocycles. The molecule has 1 unspecified atom stereocenters. The van der Waals surface area contributed by atoms with Gasteiger partial charge in [-0.15, -0.1) is 5.10 Å². The van der Waals surface area contributed by atoms with Crippen LogP contribution in [-0.2, 0) is 11.3 Å². The first kappa shape index (κ1) is 14.9. The smallest absolute Gasteiger partial charge is 0.314 e. The third-order valence-electron chi connectivity index (χ3n) is 2.69. The number of carboxylic acid groups (broad SMARTS) is 1. The van der Waals surface area contributed by atoms with E-state index >= 15 is 0 Å². The van der Waals surface area contributed by atoms with Crippen LogP contribution in [0.3, 0.4) is 0 Å². The van der Waals surface area contributed by atoms with Gasteiger partial charge in [-0.1, -0.05) is 18.6 Å². The van der Waals surface area contributed by atoms with Crippen LogP contribution in [0.4, 0.5) is 4.79 Å². The van der Waals surface area contributed by atoms with Crippen molar-refractivity contribution < 1.29 is 14.7 Å². The third kappa shape index (κ3) is 6.39. The fraction of sp³-hybridized carbons (Fsp3) is 0.636. The number of nitrogens with zero attached hydrogens (tertiary/aromatic N) is 3. The van der Waals surface area contributed by atoms with Gasteiger partial charge in [0.05, 0.1) is 12.7 Å². The summed E-state index contributed by atoms with van der Waals surface area (Å²) in [4.78, 5) is 22.0. The Bertz CT molecular complexity index is 393. The molecule has 1 rings (SSSR count). The number of carboxylic acids is 1. The summed E-state index contributed by atoms with van der Waals surface area (Å²) in [5.74, 6) is -0.890. The number of amides is 2. The van der Waals surface area contributed by atoms with Gasteiger partial charge in [-0.2, -0.15) is 0 Å². The fourth-order valence-corrected chi connectivity index (χ4v) is 1.54. The molecule has 0 bridgehead atoms. The van der Waals surface area contributed by atoms with E-state index in [4.69, 9.17) is 5.11 Å². The summed E-state index contributed by atoms with van der Waals surface area (Å²) in [6.07, 6.45) is 4.05. The highest BCUT2D eigenvalue weighted by Gasteiger charge is 2.12. The Hall–Kier alpha value is -2.12. The average molecular weight is 269 g/mol. The monoisotopic (exact) mass is 269 g/mol. The summed E-state index contributed by atoms with van der Waals surface area (Å²) in [6.45, 7) is 3.24. The molecule has 1 aromatic heterocycles. The van der Waals surface area contributed by atoms with Gasteiger partial charge in [0.25, 0.3) is 0 Å². The van der Waals surface area contributed by atoms with Crippen molar-refractivity contribution in [1.29, 1.82) is 0 Å². The van der Waals surface area contributed by atoms with Crippen molar-refractivity contribution in [1.82, 2.24) is 25.6 Å². The number of rotatable bonds is 8. The predicted molar refractivity (Wildman–Crippen MR) is 67.5 cm³/mol. The van der Waals surface area contributed by atoms with Crippen LogP contribution in [0.2, 0.25) is 0 Å². The summed E-state index contributed by atoms with van der Waals surface area (Å²) in [7, 11) is 0. The molecule has 0 saturated heterocycles. The molecule has 8 nitrogen and oxygen atoms in total. The summed E-state index contributed by atoms with van der Waals surface area (Å²) < 4.78 is 1.61. The molecule has 0 saturated carbocycles. The Labute approximate surface area is 111 Å². The summed E-state index contributed by atoms with van der Waals surface area (Å²) in [5, 5.41) is 21.4. The SMILES string of the molecule is CCC(CNC(=O)NCCn1ccnn1)CC(=O)O. The first-order valence-electron chi connectivity index (χ1n) is 6.19. The fourth-order valence-electron chi connectivity index (χ4n) is 1.54. The highest BCUT2D eigenvalue weighted by molar-refractivity contribution is 5.73. The largest absolute Gasteiger partial charge is 0.481 e. The molecule has 1 aromatic rings. The van der Waals surface area contributed by atoms with Gasteiger partial charge in [0.15, 0.2) is 0 Å². The Balaban J connectivity index is 2.14. The maximum absolute atomic E-state index is 11.5. The molecule has 3 N–H and O–H groups in total. The van der Waals surface area contributed by atoms with E-state index in [9.17, 15) is 9.59 Å². The van der Waals surface area contributed by atoms with Gasteiger partial charge in [0.1, 0.15) is 0 Å². The first-order chi connectivity index (χ1) is 9.11. The van der Waals surface area contributed by atoms with Crippen molar-refractivity contribution in [3.63, 3.8) is 0 Å². The van der Waals surface area contributed by atoms with Crippen LogP contribution >= 0.6 is 0 Å². The minimum absolute atomic E-state index is 0.0430. The highest BCUT2D eigenvalue weighted by Crippen LogP contribution is 2.06. The molecule has 0 aliphatic heterocycles. The zero-order valence-electron chi connectivity index (χ0n) is 10.9. The normalized spacial score (nSPS) is 11.8. The molecule has 0 aliphatic carbocycles. The maximum atomic E-state index is 11.5. The Morgan fingerprint density at radius 3 is 2.79 bits per heavy atom. The number of aliphatic carboxylic acids is 1. The number of hydrogen-bond donors (Lipinski definition) is 3. The molecule has 19 heavy (non-hydrogen) atoms. The second kappa shape index (κ2) is 8.06. The van der Waals surface area contributed by atoms with Gasteiger partial charge in [0, 0.05) is 25.7 Å². The average Bonchev–Trinajstić information content (AvgIpc) is 2.87. The Morgan fingerprint density at radius 2 is 2.21 bits per heavy atom. The van der Waals surface area contributed by atoms with E-state index in [1.54, 1.807) is 17.1 Å². The van der Waals surface area contributed by atoms with E-state index in [0.717, 1.165) is 0 Å². The van der Waals surface area contributed by atoms with Crippen molar-refractivity contribution in [3.05, 3.63) is 12.4 Å². The van der Waals surface area contributed by atoms with E-state index in [1.165, 1.54) is 0 Å². The van der Waals surface area contributed by atoms with Gasteiger partial charge in [-0.25, -0.2) is 4.79 Å². The van der Waals surface area contributed by atoms with Crippen LogP contribution in [0.25, 0.3) is 0 Å². The summed E-state index contributed by atoms with van der Waals surface area (Å²) in [5.41, 5.74) is 0. The summed E-state index contributed by atoms with van der Waals surface area (Å²) in [6, 6.07) is -0.302. The second-order valence-electron chi connectivity index (χ2n) is 4.18. The van der Waals surface area contributed by atoms with Gasteiger partial charge >= 0.3 is 12.0 Å². The lowest BCUT2D eigenvalue weighted by Crippen LogP contribution is -2.39. The van der Waals surface area contributed by atoms with Crippen LogP contribution in [0, 0.1) is 5.92 Å². The molecule has 1 heterocycles. The lowest BCUT2D eigenvalue weighted by atomic mass is 10.0. The van der Waals surface area contributed by atoms with Crippen LogP contribution < -0.4 is 10.6 Å². The topological polar surface area (TPSA) is 109 Å². The van der Waals surface area contributed by atoms with Crippen molar-refractivity contribution in [3.8, 4) is 0 Å². The molecule has 0 fully saturated rings. The number of urea groups is 1. The van der Waals surface area contributed by atoms with Gasteiger partial charge < -0.3 is 15.7 Å². The molecule has 2 amide bonds. The van der Waals surface area contributed by atoms with Crippen molar-refractivity contribution >= 4 is 12.0 Å². The second-order valence-corrected chi connectivity index (χ2v) is 4.18. The lowest BCUT2D eigenvalue weighted by Gasteiger charge is -2.13. The number of carbonyl (C=O) groups excluding carboxylic acids is 1. The standard InChI is InChI=1S/C11H19N5O3/c1-2-9(7-10(17)18)8-13-11(19)12-3-5-16-6-4-14-15-16/h4,6,9H,2-3,5,7-8H2,1H3,(H,17,18)(H2,12,13,19). The summed E-state index contributed by atoms with van der Waals surface area (Å²) >= 11 is 0. The van der Waals surface area contributed by atoms with Gasteiger partial charge in [-0.05, 0) is 5.92 Å². The Morgan fingerprint density at radius 1 is 1.42 bits per heavy atom. The van der Waals surface area contributed by atoms with Gasteiger partial charge in [-0.3, -0.25) is 9.48 Å². The van der Waals surface area contributed by atoms with E-state index in [2.05, 4.69) is 20.9 Å². The van der Waals surface area contributed by atoms with Crippen LogP contribution in [-0.4, -0.2) is 45.2 Å². The van der Waals surface area contributed by atoms with Crippen LogP contribution in [0.1, 0.15) is 19.8 Å². The zero-order chi connectivity index (χ0) is 14.1. The molecular formula is C11H19N5O3. The number of carbonyl (C=O) groups is 2. The van der Waals surface area contributed by atoms with Crippen molar-refractivity contribution in [2.75, 3.05) is 13.1 Å². The molecule has 8 heteroatoms. The molecule has 106 valence electrons. The quantitative estimate of drug-likeness (QED) is 0.619. The third-order valence-corrected chi connectivity index (χ3v) is 2.69. The first-order valence-corrected chi connectivity index (χ1v) is 6.19. The van der Waals surface area contributed by atoms with Crippen molar-refractivity contribution in [2.24, 2.45) is 5.92 Å². The van der Waals surface area contributed by atoms with Crippen LogP contribution in [0.5, 0.6) is 0 Å². The number of hydrogen-bond acceptors (Lipinski definition) is 4. The minimum atomic E-state index is -0.847. The van der Waals surface area contributed by atoms with Crippen LogP contribution in [0.15, 0.2) is 12.4 Å². The lowest BCUT2D eigenvalue weighted by molar-refractivity contribution is -0.138. The number of aromatic nitrogens is 3. The molecule has 0 spiro atoms. The Kier molecular flexibility index (Phi) is 6.34. The molecule has 0 aliphatic rings. The maximum Gasteiger partial charge on any atom is 0.314 e. The molecule has 0 radical (unpaired) electrons. The molecular weight excluding hydrogens is 250 g/mol. The van der Waals surface area contributed by atoms with Gasteiger partial charge in [0.2, 0.25) is 0 Å². The highest BCUT2D eigenvalue weighted by atomic mass is 16.4. The van der Waals surface area contributed by atoms with E-state index in [-0.39, 0.29) is 18.4 Å². The molecule has 1 atom stereocenters.